The monoisotopic (exact) mass is 1610 g/mol. The van der Waals surface area contributed by atoms with Crippen LogP contribution in [0.1, 0.15) is 116 Å². The number of fused-ring (bicyclic) bond motifs is 5. The van der Waals surface area contributed by atoms with E-state index >= 15 is 0 Å². The molecular weight excluding hydrogens is 1550 g/mol. The molecule has 2 unspecified atom stereocenters. The topological polar surface area (TPSA) is 223 Å². The second-order valence-electron chi connectivity index (χ2n) is 27.2. The predicted molar refractivity (Wildman–Crippen MR) is 383 cm³/mol. The minimum absolute atomic E-state index is 0. The smallest absolute Gasteiger partial charge is 0.665 e. The van der Waals surface area contributed by atoms with Gasteiger partial charge in [0.1, 0.15) is 27.9 Å². The second-order valence-corrected chi connectivity index (χ2v) is 27.8. The van der Waals surface area contributed by atoms with Crippen LogP contribution in [0.4, 0.5) is 0 Å². The quantitative estimate of drug-likeness (QED) is 0.0224. The molecule has 12 aliphatic rings. The van der Waals surface area contributed by atoms with Crippen molar-refractivity contribution in [1.29, 1.82) is 0 Å². The molecular formula is C90H60ClK5O15. The van der Waals surface area contributed by atoms with Crippen molar-refractivity contribution in [2.75, 3.05) is 26.4 Å². The Bertz CT molecular complexity index is 5630. The van der Waals surface area contributed by atoms with Gasteiger partial charge < -0.3 is 54.4 Å². The van der Waals surface area contributed by atoms with Gasteiger partial charge in [-0.3, -0.25) is 0 Å². The zero-order chi connectivity index (χ0) is 74.1. The summed E-state index contributed by atoms with van der Waals surface area (Å²) in [5.74, 6) is 2.13. The molecule has 21 heteroatoms. The van der Waals surface area contributed by atoms with Crippen LogP contribution >= 0.6 is 11.6 Å². The number of halogens is 1. The van der Waals surface area contributed by atoms with Gasteiger partial charge in [0.2, 0.25) is 0 Å². The molecule has 0 amide bonds. The summed E-state index contributed by atoms with van der Waals surface area (Å²) < 4.78 is 31.8. The van der Waals surface area contributed by atoms with Crippen molar-refractivity contribution >= 4 is 53.3 Å². The van der Waals surface area contributed by atoms with E-state index < -0.39 is 37.9 Å². The van der Waals surface area contributed by atoms with E-state index in [1.807, 2.05) is 0 Å². The first-order valence-corrected chi connectivity index (χ1v) is 34.9. The number of benzene rings is 9. The molecule has 15 nitrogen and oxygen atoms in total. The number of carboxylic acids is 1. The van der Waals surface area contributed by atoms with E-state index in [9.17, 15) is 21.5 Å². The van der Waals surface area contributed by atoms with Gasteiger partial charge in [-0.15, -0.1) is 44.0 Å². The fraction of sp³-hybridized carbons (Fsp3) is 0.189. The van der Waals surface area contributed by atoms with Gasteiger partial charge in [-0.2, -0.15) is 45.5 Å². The number of carbonyl (C=O) groups excluding carboxylic acids is 9. The van der Waals surface area contributed by atoms with E-state index in [-0.39, 0.29) is 306 Å². The molecule has 0 heterocycles. The fourth-order valence-electron chi connectivity index (χ4n) is 21.6. The van der Waals surface area contributed by atoms with Gasteiger partial charge in [0, 0.05) is 29.0 Å². The molecule has 9 aromatic carbocycles. The van der Waals surface area contributed by atoms with E-state index in [1.54, 1.807) is 0 Å². The van der Waals surface area contributed by atoms with Crippen molar-refractivity contribution in [2.24, 2.45) is 11.8 Å². The third-order valence-corrected chi connectivity index (χ3v) is 24.4. The van der Waals surface area contributed by atoms with Crippen LogP contribution in [0.2, 0.25) is 0 Å². The van der Waals surface area contributed by atoms with Crippen molar-refractivity contribution < 1.29 is 329 Å². The first-order chi connectivity index (χ1) is 51.8. The molecule has 0 fully saturated rings. The van der Waals surface area contributed by atoms with E-state index in [4.69, 9.17) is 62.0 Å². The van der Waals surface area contributed by atoms with Crippen molar-refractivity contribution in [3.63, 3.8) is 0 Å². The molecule has 0 saturated heterocycles. The molecule has 522 valence electrons. The van der Waals surface area contributed by atoms with Gasteiger partial charge >= 0.3 is 282 Å². The maximum atomic E-state index is 11.7. The Balaban J connectivity index is 0.000000603. The second kappa shape index (κ2) is 34.1. The first kappa shape index (κ1) is 87.8. The molecule has 0 bridgehead atoms. The average Bonchev–Trinajstić information content (AvgIpc) is 1.39. The van der Waals surface area contributed by atoms with Crippen LogP contribution in [-0.4, -0.2) is 61.9 Å². The molecule has 21 rings (SSSR count). The third kappa shape index (κ3) is 11.3. The number of hydrogen-bond acceptors (Lipinski definition) is 15. The van der Waals surface area contributed by atoms with Crippen molar-refractivity contribution in [3.05, 3.63) is 328 Å². The Morgan fingerprint density at radius 3 is 1.11 bits per heavy atom. The minimum atomic E-state index is -1.39. The van der Waals surface area contributed by atoms with Crippen LogP contribution in [0.5, 0.6) is 28.7 Å². The molecule has 8 atom stereocenters. The van der Waals surface area contributed by atoms with E-state index in [0.29, 0.717) is 57.0 Å². The van der Waals surface area contributed by atoms with E-state index in [0.717, 1.165) is 56.2 Å². The molecule has 0 radical (unpaired) electrons. The van der Waals surface area contributed by atoms with Crippen molar-refractivity contribution in [2.45, 2.75) is 64.1 Å². The summed E-state index contributed by atoms with van der Waals surface area (Å²) in [6, 6.07) is 64.4. The normalized spacial score (nSPS) is 22.6. The van der Waals surface area contributed by atoms with E-state index in [1.165, 1.54) is 111 Å². The number of rotatable bonds is 20. The largest absolute Gasteiger partial charge is 1.00 e. The first-order valence-electron chi connectivity index (χ1n) is 34.5. The number of hydrogen-bond donors (Lipinski definition) is 0. The Kier molecular flexibility index (Phi) is 27.0. The molecule has 0 saturated carbocycles. The van der Waals surface area contributed by atoms with Gasteiger partial charge in [0.25, 0.3) is 0 Å². The van der Waals surface area contributed by atoms with Crippen LogP contribution in [-0.2, 0) is 70.2 Å². The number of alkyl halides is 1. The Hall–Kier alpha value is -4.04. The molecule has 12 aliphatic carbocycles. The van der Waals surface area contributed by atoms with Crippen LogP contribution in [0.3, 0.4) is 0 Å². The molecule has 0 aromatic heterocycles. The average molecular weight is 1610 g/mol. The summed E-state index contributed by atoms with van der Waals surface area (Å²) in [5, 5.41) is 11.7. The standard InChI is InChI=1S/C84H57ClO7.C2H4.4CO2.5K/c1-5-40-89-50-22-10-44(11-23-50)79-65-54-30-31-55-57-33-35-59-61-37-39-63-62-38-36-60-58-34-32-56(54)67(79)69(58)81(46-14-26-51(27-15-46)90-41-6-2)71(60)73(62)83(48-18-20-49(88-4)21-19-48)74(63)72(61)82(47-16-28-52(29-17-47)91-42-7-3)70(59)68(57)80(66(55)65,76-75(79)77(81)84(83,85)78(76)82)45-12-24-53(25-13-45)92-43-8-9-64(86)87;1-2;4*2-1-3;;;;;/h10-32,34,36-39,68,70H,1-9,40-43H2,(H,86,87);1-2H2;;;;;;;;;/q-4;;;;;;5*+1/p-1/t68?,70?,79-,80+,81-,82+,83-,84-;;;;;;;;;;/m1........../s1. The van der Waals surface area contributed by atoms with Gasteiger partial charge in [-0.25, -0.2) is 0 Å². The van der Waals surface area contributed by atoms with Crippen LogP contribution in [0.15, 0.2) is 217 Å². The molecule has 9 aromatic rings. The fourth-order valence-corrected chi connectivity index (χ4v) is 22.3. The maximum Gasteiger partial charge on any atom is 1.00 e. The molecule has 0 N–H and O–H groups in total. The summed E-state index contributed by atoms with van der Waals surface area (Å²) in [7, 11) is 3.94. The third-order valence-electron chi connectivity index (χ3n) is 23.7. The number of allylic oxidation sites excluding steroid dienone is 6. The van der Waals surface area contributed by atoms with Gasteiger partial charge in [-0.1, -0.05) is 121 Å². The van der Waals surface area contributed by atoms with Gasteiger partial charge in [-0.05, 0) is 213 Å². The van der Waals surface area contributed by atoms with Crippen LogP contribution in [0, 0.1) is 39.7 Å². The Labute approximate surface area is 859 Å². The zero-order valence-corrected chi connectivity index (χ0v) is 78.3. The van der Waals surface area contributed by atoms with Gasteiger partial charge in [0.15, 0.2) is 0 Å². The summed E-state index contributed by atoms with van der Waals surface area (Å²) >= 11 is 10.6. The maximum absolute atomic E-state index is 11.7. The summed E-state index contributed by atoms with van der Waals surface area (Å²) in [4.78, 5) is 75.3. The predicted octanol–water partition coefficient (Wildman–Crippen LogP) is -0.974. The number of carbonyl (C=O) groups is 1. The molecule has 0 aliphatic heterocycles. The zero-order valence-electron chi connectivity index (χ0n) is 61.9. The van der Waals surface area contributed by atoms with E-state index in [2.05, 4.69) is 222 Å². The molecule has 111 heavy (non-hydrogen) atoms. The number of ether oxygens (including phenoxy) is 5. The minimum Gasteiger partial charge on any atom is -0.665 e. The molecule has 0 spiro atoms. The van der Waals surface area contributed by atoms with Crippen LogP contribution < -0.4 is 286 Å². The number of aliphatic carboxylic acids is 1. The summed E-state index contributed by atoms with van der Waals surface area (Å²) in [6.07, 6.45) is 3.15. The Morgan fingerprint density at radius 1 is 0.396 bits per heavy atom. The Morgan fingerprint density at radius 2 is 0.703 bits per heavy atom. The van der Waals surface area contributed by atoms with Crippen LogP contribution in [0.25, 0.3) is 44.5 Å². The number of carboxylic acid groups (broad SMARTS) is 1. The van der Waals surface area contributed by atoms with Crippen molar-refractivity contribution in [3.8, 4) is 62.1 Å². The summed E-state index contributed by atoms with van der Waals surface area (Å²) in [5.41, 5.74) is 36.2. The summed E-state index contributed by atoms with van der Waals surface area (Å²) in [6.45, 7) is 20.2. The van der Waals surface area contributed by atoms with Gasteiger partial charge in [0.05, 0.1) is 59.3 Å². The SMILES string of the molecule is C=C.O=C=O.O=C=O.O=C=O.O=C=O.[CH2-]CCOc1ccc([C@]23C4=C5C6=C7[C@]8(c9ccc(OCC[CH2-])cc9)c9c%10ccc%11c9[C@@](c9ccc(O[CH2-])cc9)(c9c-%11ccc(c92)-c2ccc9c(c23)[C@@]5(c2ccc(OCC[CH2-])cc2)c2c-9ccc3c2[C@@]6(c2ccc(OCCCC(=O)[O-])cc2)C2C3=C=C=C%10C28)[C@@]47Cl)cc1.[K+].[K+].[K+].[K+].[K+]. The van der Waals surface area contributed by atoms with Crippen molar-refractivity contribution in [1.82, 2.24) is 0 Å².